The second-order valence-corrected chi connectivity index (χ2v) is 5.17. The summed E-state index contributed by atoms with van der Waals surface area (Å²) in [4.78, 5) is 20.8. The van der Waals surface area contributed by atoms with Gasteiger partial charge in [-0.15, -0.1) is 0 Å². The Hall–Kier alpha value is -3.32. The van der Waals surface area contributed by atoms with E-state index >= 15 is 0 Å². The summed E-state index contributed by atoms with van der Waals surface area (Å²) >= 11 is 5.73. The lowest BCUT2D eigenvalue weighted by molar-refractivity contribution is -0.385. The maximum absolute atomic E-state index is 12.8. The highest BCUT2D eigenvalue weighted by Gasteiger charge is 2.34. The quantitative estimate of drug-likeness (QED) is 0.589. The maximum Gasteiger partial charge on any atom is 0.417 e. The van der Waals surface area contributed by atoms with E-state index in [1.165, 1.54) is 6.07 Å². The standard InChI is InChI=1S/C15H6ClF3N2O5/c16-11-5-10(15(17,18)19)7(6-20)3-13(11)26-8-1-2-12(21(24)25)9(4-8)14(22)23/h1-5H,(H,22,23)/p-1. The molecular weight excluding hydrogens is 381 g/mol. The van der Waals surface area contributed by atoms with Crippen LogP contribution in [-0.4, -0.2) is 10.9 Å². The van der Waals surface area contributed by atoms with Crippen molar-refractivity contribution in [2.45, 2.75) is 6.18 Å². The molecule has 0 saturated carbocycles. The van der Waals surface area contributed by atoms with Gasteiger partial charge in [0.15, 0.2) is 0 Å². The summed E-state index contributed by atoms with van der Waals surface area (Å²) in [7, 11) is 0. The summed E-state index contributed by atoms with van der Waals surface area (Å²) in [5.74, 6) is -2.48. The molecule has 2 aromatic carbocycles. The molecule has 26 heavy (non-hydrogen) atoms. The molecule has 0 N–H and O–H groups in total. The minimum absolute atomic E-state index is 0.264. The number of hydrogen-bond donors (Lipinski definition) is 0. The lowest BCUT2D eigenvalue weighted by atomic mass is 10.1. The summed E-state index contributed by atoms with van der Waals surface area (Å²) in [6.07, 6.45) is -4.82. The number of carbonyl (C=O) groups excluding carboxylic acids is 1. The molecule has 2 rings (SSSR count). The molecule has 0 fully saturated rings. The lowest BCUT2D eigenvalue weighted by Gasteiger charge is -2.13. The molecule has 0 unspecified atom stereocenters. The van der Waals surface area contributed by atoms with E-state index in [0.29, 0.717) is 6.07 Å². The van der Waals surface area contributed by atoms with Gasteiger partial charge in [-0.2, -0.15) is 18.4 Å². The Morgan fingerprint density at radius 3 is 2.42 bits per heavy atom. The van der Waals surface area contributed by atoms with Crippen molar-refractivity contribution >= 4 is 23.3 Å². The second-order valence-electron chi connectivity index (χ2n) is 4.76. The number of ether oxygens (including phenoxy) is 1. The van der Waals surface area contributed by atoms with Gasteiger partial charge in [-0.25, -0.2) is 0 Å². The van der Waals surface area contributed by atoms with Gasteiger partial charge < -0.3 is 14.6 Å². The average Bonchev–Trinajstić information content (AvgIpc) is 2.55. The molecule has 0 aliphatic heterocycles. The fourth-order valence-corrected chi connectivity index (χ4v) is 2.19. The first-order valence-corrected chi connectivity index (χ1v) is 6.91. The molecule has 0 radical (unpaired) electrons. The van der Waals surface area contributed by atoms with Crippen LogP contribution >= 0.6 is 11.6 Å². The van der Waals surface area contributed by atoms with Gasteiger partial charge >= 0.3 is 6.18 Å². The number of carboxylic acids is 1. The third kappa shape index (κ3) is 3.84. The van der Waals surface area contributed by atoms with Crippen LogP contribution in [0.25, 0.3) is 0 Å². The van der Waals surface area contributed by atoms with Crippen molar-refractivity contribution in [3.05, 3.63) is 62.2 Å². The Kier molecular flexibility index (Phi) is 5.04. The third-order valence-corrected chi connectivity index (χ3v) is 3.41. The third-order valence-electron chi connectivity index (χ3n) is 3.11. The maximum atomic E-state index is 12.8. The highest BCUT2D eigenvalue weighted by Crippen LogP contribution is 2.39. The van der Waals surface area contributed by atoms with Gasteiger partial charge in [0.25, 0.3) is 5.69 Å². The first-order chi connectivity index (χ1) is 12.0. The number of carbonyl (C=O) groups is 1. The Labute approximate surface area is 147 Å². The first-order valence-electron chi connectivity index (χ1n) is 6.53. The zero-order valence-corrected chi connectivity index (χ0v) is 13.1. The van der Waals surface area contributed by atoms with Gasteiger partial charge in [-0.3, -0.25) is 10.1 Å². The van der Waals surface area contributed by atoms with Crippen LogP contribution in [0.3, 0.4) is 0 Å². The number of nitro groups is 1. The molecule has 0 bridgehead atoms. The molecule has 0 atom stereocenters. The Morgan fingerprint density at radius 2 is 1.92 bits per heavy atom. The largest absolute Gasteiger partial charge is 0.545 e. The van der Waals surface area contributed by atoms with Crippen molar-refractivity contribution in [2.75, 3.05) is 0 Å². The van der Waals surface area contributed by atoms with E-state index in [4.69, 9.17) is 21.6 Å². The van der Waals surface area contributed by atoms with E-state index < -0.39 is 44.5 Å². The predicted molar refractivity (Wildman–Crippen MR) is 78.7 cm³/mol. The monoisotopic (exact) mass is 385 g/mol. The van der Waals surface area contributed by atoms with Gasteiger partial charge in [0, 0.05) is 12.1 Å². The topological polar surface area (TPSA) is 116 Å². The fraction of sp³-hybridized carbons (Fsp3) is 0.0667. The van der Waals surface area contributed by atoms with Crippen LogP contribution in [0.2, 0.25) is 5.02 Å². The van der Waals surface area contributed by atoms with Crippen LogP contribution in [0.5, 0.6) is 11.5 Å². The van der Waals surface area contributed by atoms with Gasteiger partial charge in [0.2, 0.25) is 0 Å². The molecule has 11 heteroatoms. The molecule has 0 saturated heterocycles. The number of nitro benzene ring substituents is 1. The van der Waals surface area contributed by atoms with E-state index in [1.807, 2.05) is 0 Å². The molecule has 7 nitrogen and oxygen atoms in total. The zero-order valence-electron chi connectivity index (χ0n) is 12.3. The zero-order chi connectivity index (χ0) is 19.6. The van der Waals surface area contributed by atoms with Gasteiger partial charge in [-0.05, 0) is 18.2 Å². The number of halogens is 4. The van der Waals surface area contributed by atoms with Crippen molar-refractivity contribution in [1.82, 2.24) is 0 Å². The SMILES string of the molecule is N#Cc1cc(Oc2ccc([N+](=O)[O-])c(C(=O)[O-])c2)c(Cl)cc1C(F)(F)F. The summed E-state index contributed by atoms with van der Waals surface area (Å²) in [5, 5.41) is 30.1. The number of carboxylic acid groups (broad SMARTS) is 1. The Bertz CT molecular complexity index is 954. The first kappa shape index (κ1) is 19.0. The Balaban J connectivity index is 2.50. The van der Waals surface area contributed by atoms with Crippen molar-refractivity contribution in [1.29, 1.82) is 5.26 Å². The average molecular weight is 386 g/mol. The smallest absolute Gasteiger partial charge is 0.417 e. The lowest BCUT2D eigenvalue weighted by Crippen LogP contribution is -2.23. The van der Waals surface area contributed by atoms with Crippen molar-refractivity contribution < 1.29 is 32.7 Å². The van der Waals surface area contributed by atoms with E-state index in [9.17, 15) is 33.2 Å². The minimum Gasteiger partial charge on any atom is -0.545 e. The summed E-state index contributed by atoms with van der Waals surface area (Å²) in [5.41, 5.74) is -3.58. The normalized spacial score (nSPS) is 10.9. The van der Waals surface area contributed by atoms with E-state index in [2.05, 4.69) is 0 Å². The van der Waals surface area contributed by atoms with Crippen LogP contribution in [0.1, 0.15) is 21.5 Å². The summed E-state index contributed by atoms with van der Waals surface area (Å²) < 4.78 is 43.7. The van der Waals surface area contributed by atoms with Crippen LogP contribution in [-0.2, 0) is 6.18 Å². The molecular formula is C15H5ClF3N2O5-. The number of nitriles is 1. The minimum atomic E-state index is -4.82. The van der Waals surface area contributed by atoms with Gasteiger partial charge in [0.05, 0.1) is 38.7 Å². The molecule has 0 aliphatic carbocycles. The number of rotatable bonds is 4. The predicted octanol–water partition coefficient (Wildman–Crippen LogP) is 3.29. The Morgan fingerprint density at radius 1 is 1.27 bits per heavy atom. The van der Waals surface area contributed by atoms with Crippen molar-refractivity contribution in [3.8, 4) is 17.6 Å². The molecule has 0 aliphatic rings. The fourth-order valence-electron chi connectivity index (χ4n) is 1.99. The van der Waals surface area contributed by atoms with Crippen LogP contribution in [0.4, 0.5) is 18.9 Å². The molecule has 0 amide bonds. The van der Waals surface area contributed by atoms with E-state index in [0.717, 1.165) is 24.3 Å². The van der Waals surface area contributed by atoms with Crippen LogP contribution in [0, 0.1) is 21.4 Å². The summed E-state index contributed by atoms with van der Waals surface area (Å²) in [6.45, 7) is 0. The molecule has 134 valence electrons. The van der Waals surface area contributed by atoms with Gasteiger partial charge in [-0.1, -0.05) is 11.6 Å². The highest BCUT2D eigenvalue weighted by molar-refractivity contribution is 6.32. The molecule has 0 heterocycles. The van der Waals surface area contributed by atoms with Crippen LogP contribution < -0.4 is 9.84 Å². The van der Waals surface area contributed by atoms with E-state index in [1.54, 1.807) is 0 Å². The van der Waals surface area contributed by atoms with Crippen molar-refractivity contribution in [3.63, 3.8) is 0 Å². The summed E-state index contributed by atoms with van der Waals surface area (Å²) in [6, 6.07) is 5.17. The second kappa shape index (κ2) is 6.89. The van der Waals surface area contributed by atoms with Crippen LogP contribution in [0.15, 0.2) is 30.3 Å². The number of nitrogens with zero attached hydrogens (tertiary/aromatic N) is 2. The molecule has 0 aromatic heterocycles. The van der Waals surface area contributed by atoms with E-state index in [-0.39, 0.29) is 11.5 Å². The number of hydrogen-bond acceptors (Lipinski definition) is 6. The number of benzene rings is 2. The molecule has 0 spiro atoms. The highest BCUT2D eigenvalue weighted by atomic mass is 35.5. The number of aromatic carboxylic acids is 1. The van der Waals surface area contributed by atoms with Crippen molar-refractivity contribution in [2.24, 2.45) is 0 Å². The number of alkyl halides is 3. The van der Waals surface area contributed by atoms with Gasteiger partial charge in [0.1, 0.15) is 11.5 Å². The molecule has 2 aromatic rings.